The summed E-state index contributed by atoms with van der Waals surface area (Å²) in [6, 6.07) is 5.03. The summed E-state index contributed by atoms with van der Waals surface area (Å²) in [5, 5.41) is 4.07. The minimum Gasteiger partial charge on any atom is -0.314 e. The van der Waals surface area contributed by atoms with Gasteiger partial charge in [0.2, 0.25) is 0 Å². The Bertz CT molecular complexity index is 449. The summed E-state index contributed by atoms with van der Waals surface area (Å²) < 4.78 is 13.5. The first-order chi connectivity index (χ1) is 9.24. The van der Waals surface area contributed by atoms with E-state index in [0.717, 1.165) is 44.1 Å². The Kier molecular flexibility index (Phi) is 7.72. The van der Waals surface area contributed by atoms with Crippen molar-refractivity contribution in [3.63, 3.8) is 0 Å². The third-order valence-corrected chi connectivity index (χ3v) is 4.51. The van der Waals surface area contributed by atoms with Crippen molar-refractivity contribution < 1.29 is 4.39 Å². The maximum atomic E-state index is 13.5. The van der Waals surface area contributed by atoms with Crippen molar-refractivity contribution in [3.8, 4) is 0 Å². The molecule has 2 aliphatic rings. The minimum atomic E-state index is -0.185. The average molecular weight is 356 g/mol. The van der Waals surface area contributed by atoms with Gasteiger partial charge >= 0.3 is 0 Å². The van der Waals surface area contributed by atoms with E-state index >= 15 is 0 Å². The molecule has 0 spiro atoms. The number of piperazine rings is 1. The highest BCUT2D eigenvalue weighted by molar-refractivity contribution is 6.31. The van der Waals surface area contributed by atoms with Gasteiger partial charge in [-0.2, -0.15) is 0 Å². The minimum absolute atomic E-state index is 0. The molecule has 3 rings (SSSR count). The van der Waals surface area contributed by atoms with Crippen molar-refractivity contribution >= 4 is 36.4 Å². The molecular weight excluding hydrogens is 334 g/mol. The molecular formula is C15H22Cl3FN2. The Morgan fingerprint density at radius 1 is 1.24 bits per heavy atom. The molecule has 0 unspecified atom stereocenters. The molecule has 1 atom stereocenters. The Morgan fingerprint density at radius 3 is 2.52 bits per heavy atom. The summed E-state index contributed by atoms with van der Waals surface area (Å²) in [5.41, 5.74) is 0.968. The second-order valence-corrected chi connectivity index (χ2v) is 6.05. The van der Waals surface area contributed by atoms with Gasteiger partial charge in [0.1, 0.15) is 5.82 Å². The van der Waals surface area contributed by atoms with E-state index in [4.69, 9.17) is 11.6 Å². The van der Waals surface area contributed by atoms with E-state index in [1.165, 1.54) is 18.9 Å². The Hall–Kier alpha value is -0.0600. The summed E-state index contributed by atoms with van der Waals surface area (Å²) in [5.74, 6) is 0.620. The lowest BCUT2D eigenvalue weighted by Gasteiger charge is -2.35. The molecule has 1 heterocycles. The predicted molar refractivity (Wildman–Crippen MR) is 90.4 cm³/mol. The predicted octanol–water partition coefficient (Wildman–Crippen LogP) is 4.07. The van der Waals surface area contributed by atoms with Crippen molar-refractivity contribution in [2.45, 2.75) is 25.3 Å². The lowest BCUT2D eigenvalue weighted by atomic mass is 9.98. The molecule has 0 radical (unpaired) electrons. The highest BCUT2D eigenvalue weighted by Crippen LogP contribution is 2.41. The third kappa shape index (κ3) is 4.97. The first-order valence-electron chi connectivity index (χ1n) is 7.14. The molecule has 0 amide bonds. The summed E-state index contributed by atoms with van der Waals surface area (Å²) in [6.45, 7) is 4.05. The van der Waals surface area contributed by atoms with Crippen LogP contribution in [-0.2, 0) is 0 Å². The molecule has 1 aromatic carbocycles. The zero-order valence-electron chi connectivity index (χ0n) is 11.9. The molecule has 2 fully saturated rings. The zero-order valence-corrected chi connectivity index (χ0v) is 14.2. The molecule has 2 nitrogen and oxygen atoms in total. The van der Waals surface area contributed by atoms with Gasteiger partial charge in [-0.25, -0.2) is 4.39 Å². The molecule has 1 aromatic rings. The van der Waals surface area contributed by atoms with E-state index in [2.05, 4.69) is 10.2 Å². The van der Waals surface area contributed by atoms with Gasteiger partial charge in [-0.3, -0.25) is 4.90 Å². The number of rotatable bonds is 4. The normalized spacial score (nSPS) is 20.3. The Morgan fingerprint density at radius 2 is 1.90 bits per heavy atom. The first kappa shape index (κ1) is 19.0. The zero-order chi connectivity index (χ0) is 13.2. The molecule has 6 heteroatoms. The molecule has 120 valence electrons. The molecule has 0 aromatic heterocycles. The van der Waals surface area contributed by atoms with E-state index in [1.54, 1.807) is 12.1 Å². The lowest BCUT2D eigenvalue weighted by molar-refractivity contribution is 0.160. The van der Waals surface area contributed by atoms with Crippen LogP contribution in [0.2, 0.25) is 5.02 Å². The van der Waals surface area contributed by atoms with Crippen molar-refractivity contribution in [2.24, 2.45) is 5.92 Å². The van der Waals surface area contributed by atoms with E-state index in [-0.39, 0.29) is 36.7 Å². The van der Waals surface area contributed by atoms with E-state index in [1.807, 2.05) is 0 Å². The van der Waals surface area contributed by atoms with Crippen molar-refractivity contribution in [3.05, 3.63) is 34.6 Å². The second-order valence-electron chi connectivity index (χ2n) is 5.65. The van der Waals surface area contributed by atoms with Gasteiger partial charge in [0.15, 0.2) is 0 Å². The molecule has 1 N–H and O–H groups in total. The smallest absolute Gasteiger partial charge is 0.123 e. The maximum Gasteiger partial charge on any atom is 0.123 e. The number of benzene rings is 1. The molecule has 1 saturated heterocycles. The quantitative estimate of drug-likeness (QED) is 0.876. The van der Waals surface area contributed by atoms with Crippen molar-refractivity contribution in [2.75, 3.05) is 26.2 Å². The monoisotopic (exact) mass is 354 g/mol. The summed E-state index contributed by atoms with van der Waals surface area (Å²) in [4.78, 5) is 2.45. The van der Waals surface area contributed by atoms with Gasteiger partial charge in [-0.05, 0) is 36.1 Å². The standard InChI is InChI=1S/C15H20ClFN2.2ClH/c16-14-4-3-12(17)10-13(14)15(9-11-1-2-11)19-7-5-18-6-8-19;;/h3-4,10-11,15,18H,1-2,5-9H2;2*1H/t15-;;/m1../s1. The Labute approximate surface area is 143 Å². The lowest BCUT2D eigenvalue weighted by Crippen LogP contribution is -2.45. The number of hydrogen-bond donors (Lipinski definition) is 1. The fourth-order valence-electron chi connectivity index (χ4n) is 2.91. The molecule has 1 saturated carbocycles. The second kappa shape index (κ2) is 8.54. The Balaban J connectivity index is 0.00000110. The van der Waals surface area contributed by atoms with E-state index in [0.29, 0.717) is 5.02 Å². The van der Waals surface area contributed by atoms with Gasteiger partial charge in [-0.1, -0.05) is 24.4 Å². The van der Waals surface area contributed by atoms with Gasteiger partial charge in [-0.15, -0.1) is 24.8 Å². The van der Waals surface area contributed by atoms with Crippen molar-refractivity contribution in [1.29, 1.82) is 0 Å². The number of nitrogens with zero attached hydrogens (tertiary/aromatic N) is 1. The van der Waals surface area contributed by atoms with Crippen LogP contribution >= 0.6 is 36.4 Å². The maximum absolute atomic E-state index is 13.5. The highest BCUT2D eigenvalue weighted by atomic mass is 35.5. The van der Waals surface area contributed by atoms with E-state index in [9.17, 15) is 4.39 Å². The summed E-state index contributed by atoms with van der Waals surface area (Å²) in [7, 11) is 0. The average Bonchev–Trinajstić information content (AvgIpc) is 3.24. The van der Waals surface area contributed by atoms with Crippen LogP contribution in [0, 0.1) is 11.7 Å². The van der Waals surface area contributed by atoms with Crippen LogP contribution in [0.15, 0.2) is 18.2 Å². The van der Waals surface area contributed by atoms with Gasteiger partial charge in [0, 0.05) is 37.2 Å². The van der Waals surface area contributed by atoms with Crippen LogP contribution in [-0.4, -0.2) is 31.1 Å². The van der Waals surface area contributed by atoms with Crippen LogP contribution in [0.3, 0.4) is 0 Å². The fourth-order valence-corrected chi connectivity index (χ4v) is 3.15. The summed E-state index contributed by atoms with van der Waals surface area (Å²) >= 11 is 6.31. The topological polar surface area (TPSA) is 15.3 Å². The largest absolute Gasteiger partial charge is 0.314 e. The molecule has 0 bridgehead atoms. The van der Waals surface area contributed by atoms with Crippen LogP contribution in [0.1, 0.15) is 30.9 Å². The highest BCUT2D eigenvalue weighted by Gasteiger charge is 2.31. The molecule has 21 heavy (non-hydrogen) atoms. The number of hydrogen-bond acceptors (Lipinski definition) is 2. The SMILES string of the molecule is Cl.Cl.Fc1ccc(Cl)c([C@@H](CC2CC2)N2CCNCC2)c1. The first-order valence-corrected chi connectivity index (χ1v) is 7.51. The number of halogens is 4. The van der Waals surface area contributed by atoms with Crippen LogP contribution in [0.5, 0.6) is 0 Å². The van der Waals surface area contributed by atoms with Crippen LogP contribution < -0.4 is 5.32 Å². The molecule has 1 aliphatic heterocycles. The molecule has 1 aliphatic carbocycles. The number of nitrogens with one attached hydrogen (secondary N) is 1. The van der Waals surface area contributed by atoms with Crippen molar-refractivity contribution in [1.82, 2.24) is 10.2 Å². The van der Waals surface area contributed by atoms with Gasteiger partial charge in [0.25, 0.3) is 0 Å². The van der Waals surface area contributed by atoms with Gasteiger partial charge in [0.05, 0.1) is 0 Å². The van der Waals surface area contributed by atoms with Gasteiger partial charge < -0.3 is 5.32 Å². The summed E-state index contributed by atoms with van der Waals surface area (Å²) in [6.07, 6.45) is 3.74. The van der Waals surface area contributed by atoms with Crippen LogP contribution in [0.4, 0.5) is 4.39 Å². The fraction of sp³-hybridized carbons (Fsp3) is 0.600. The van der Waals surface area contributed by atoms with Crippen LogP contribution in [0.25, 0.3) is 0 Å². The third-order valence-electron chi connectivity index (χ3n) is 4.16. The van der Waals surface area contributed by atoms with E-state index < -0.39 is 0 Å².